The first-order chi connectivity index (χ1) is 21.3. The van der Waals surface area contributed by atoms with Gasteiger partial charge in [-0.15, -0.1) is 6.54 Å². The minimum atomic E-state index is 0.609. The van der Waals surface area contributed by atoms with Gasteiger partial charge in [-0.2, -0.15) is 6.20 Å². The number of fused-ring (bicyclic) bond motifs is 7. The van der Waals surface area contributed by atoms with Crippen LogP contribution in [0.15, 0.2) is 126 Å². The number of hydrogen-bond acceptors (Lipinski definition) is 4. The van der Waals surface area contributed by atoms with Gasteiger partial charge in [0.1, 0.15) is 11.2 Å². The minimum absolute atomic E-state index is 0.609. The monoisotopic (exact) mass is 551 g/mol. The summed E-state index contributed by atoms with van der Waals surface area (Å²) in [5.74, 6) is 1.87. The molecule has 0 spiro atoms. The van der Waals surface area contributed by atoms with Crippen molar-refractivity contribution in [3.8, 4) is 34.2 Å². The molecule has 8 aromatic rings. The Balaban J connectivity index is 1.28. The van der Waals surface area contributed by atoms with E-state index in [0.717, 1.165) is 49.6 Å². The Morgan fingerprint density at radius 2 is 1.35 bits per heavy atom. The minimum Gasteiger partial charge on any atom is -0.687 e. The highest BCUT2D eigenvalue weighted by Gasteiger charge is 2.19. The fraction of sp³-hybridized carbons (Fsp3) is 0.0263. The summed E-state index contributed by atoms with van der Waals surface area (Å²) < 4.78 is 6.36. The van der Waals surface area contributed by atoms with E-state index < -0.39 is 0 Å². The summed E-state index contributed by atoms with van der Waals surface area (Å²) in [6, 6.07) is 39.7. The molecule has 3 heterocycles. The Kier molecular flexibility index (Phi) is 5.19. The molecular weight excluding hydrogens is 528 g/mol. The molecule has 0 saturated carbocycles. The van der Waals surface area contributed by atoms with Crippen LogP contribution in [0, 0.1) is 0 Å². The Morgan fingerprint density at radius 3 is 2.28 bits per heavy atom. The average Bonchev–Trinajstić information content (AvgIpc) is 3.44. The van der Waals surface area contributed by atoms with Gasteiger partial charge in [0.15, 0.2) is 17.5 Å². The van der Waals surface area contributed by atoms with Crippen LogP contribution in [0.1, 0.15) is 11.1 Å². The molecule has 5 heteroatoms. The van der Waals surface area contributed by atoms with E-state index in [2.05, 4.69) is 78.1 Å². The maximum Gasteiger partial charge on any atom is 0.164 e. The van der Waals surface area contributed by atoms with Gasteiger partial charge < -0.3 is 9.73 Å². The predicted molar refractivity (Wildman–Crippen MR) is 175 cm³/mol. The van der Waals surface area contributed by atoms with Crippen molar-refractivity contribution >= 4 is 49.6 Å². The molecule has 2 aromatic heterocycles. The van der Waals surface area contributed by atoms with Crippen LogP contribution in [-0.4, -0.2) is 15.0 Å². The van der Waals surface area contributed by atoms with Crippen LogP contribution in [0.4, 0.5) is 0 Å². The van der Waals surface area contributed by atoms with Gasteiger partial charge in [-0.1, -0.05) is 103 Å². The summed E-state index contributed by atoms with van der Waals surface area (Å²) in [7, 11) is 0. The molecule has 0 unspecified atom stereocenters. The largest absolute Gasteiger partial charge is 0.687 e. The molecule has 0 radical (unpaired) electrons. The summed E-state index contributed by atoms with van der Waals surface area (Å²) in [4.78, 5) is 15.1. The summed E-state index contributed by atoms with van der Waals surface area (Å²) in [6.45, 7) is 0.655. The zero-order valence-corrected chi connectivity index (χ0v) is 23.0. The third-order valence-electron chi connectivity index (χ3n) is 8.29. The molecule has 202 valence electrons. The summed E-state index contributed by atoms with van der Waals surface area (Å²) in [6.07, 6.45) is 3.89. The number of furan rings is 1. The van der Waals surface area contributed by atoms with Gasteiger partial charge in [0.25, 0.3) is 0 Å². The van der Waals surface area contributed by atoms with E-state index >= 15 is 0 Å². The van der Waals surface area contributed by atoms with Gasteiger partial charge in [0, 0.05) is 27.5 Å². The molecule has 43 heavy (non-hydrogen) atoms. The van der Waals surface area contributed by atoms with Gasteiger partial charge in [0.2, 0.25) is 0 Å². The second-order valence-corrected chi connectivity index (χ2v) is 10.9. The Morgan fingerprint density at radius 1 is 0.558 bits per heavy atom. The second-order valence-electron chi connectivity index (χ2n) is 10.9. The topological polar surface area (TPSA) is 65.9 Å². The van der Waals surface area contributed by atoms with E-state index in [1.807, 2.05) is 54.7 Å². The van der Waals surface area contributed by atoms with Crippen LogP contribution >= 0.6 is 0 Å². The Bertz CT molecular complexity index is 2410. The molecule has 0 saturated heterocycles. The number of aromatic nitrogens is 3. The lowest BCUT2D eigenvalue weighted by Gasteiger charge is -2.22. The van der Waals surface area contributed by atoms with Gasteiger partial charge in [-0.25, -0.2) is 15.0 Å². The van der Waals surface area contributed by atoms with Crippen LogP contribution in [0.25, 0.3) is 89.0 Å². The normalized spacial score (nSPS) is 12.7. The van der Waals surface area contributed by atoms with Crippen molar-refractivity contribution in [2.75, 3.05) is 0 Å². The smallest absolute Gasteiger partial charge is 0.164 e. The zero-order chi connectivity index (χ0) is 28.3. The SMILES string of the molecule is C1=Cc2cc3oc4cccc(-c5nc(-c6ccccc6)nc(-c6ccc7c(ccc8ccccc87)c6)n5)c4c3cc2C[N-]1. The van der Waals surface area contributed by atoms with Crippen molar-refractivity contribution in [2.24, 2.45) is 0 Å². The first-order valence-corrected chi connectivity index (χ1v) is 14.3. The highest BCUT2D eigenvalue weighted by molar-refractivity contribution is 6.12. The molecule has 9 rings (SSSR count). The number of rotatable bonds is 3. The summed E-state index contributed by atoms with van der Waals surface area (Å²) in [5, 5.41) is 11.3. The number of hydrogen-bond donors (Lipinski definition) is 0. The van der Waals surface area contributed by atoms with E-state index in [0.29, 0.717) is 24.0 Å². The van der Waals surface area contributed by atoms with Gasteiger partial charge >= 0.3 is 0 Å². The molecule has 5 nitrogen and oxygen atoms in total. The summed E-state index contributed by atoms with van der Waals surface area (Å²) in [5.41, 5.74) is 6.75. The van der Waals surface area contributed by atoms with Crippen molar-refractivity contribution in [1.82, 2.24) is 15.0 Å². The Labute approximate surface area is 247 Å². The van der Waals surface area contributed by atoms with Crippen LogP contribution in [0.2, 0.25) is 0 Å². The van der Waals surface area contributed by atoms with Crippen molar-refractivity contribution in [3.63, 3.8) is 0 Å². The highest BCUT2D eigenvalue weighted by Crippen LogP contribution is 2.39. The molecule has 0 N–H and O–H groups in total. The average molecular weight is 552 g/mol. The number of benzene rings is 6. The molecule has 0 fully saturated rings. The molecule has 0 amide bonds. The quantitative estimate of drug-likeness (QED) is 0.205. The van der Waals surface area contributed by atoms with Crippen LogP contribution in [-0.2, 0) is 6.54 Å². The molecule has 1 aliphatic rings. The van der Waals surface area contributed by atoms with E-state index in [4.69, 9.17) is 19.4 Å². The second kappa shape index (κ2) is 9.36. The summed E-state index contributed by atoms with van der Waals surface area (Å²) >= 11 is 0. The Hall–Kier alpha value is -5.81. The van der Waals surface area contributed by atoms with E-state index in [1.165, 1.54) is 21.7 Å². The third kappa shape index (κ3) is 3.90. The third-order valence-corrected chi connectivity index (χ3v) is 8.29. The van der Waals surface area contributed by atoms with Crippen molar-refractivity contribution in [3.05, 3.63) is 138 Å². The van der Waals surface area contributed by atoms with Gasteiger partial charge in [0.05, 0.1) is 0 Å². The van der Waals surface area contributed by atoms with Gasteiger partial charge in [-0.3, -0.25) is 0 Å². The van der Waals surface area contributed by atoms with Crippen LogP contribution < -0.4 is 0 Å². The number of nitrogens with zero attached hydrogens (tertiary/aromatic N) is 4. The molecule has 0 aliphatic carbocycles. The fourth-order valence-corrected chi connectivity index (χ4v) is 6.19. The first-order valence-electron chi connectivity index (χ1n) is 14.3. The maximum atomic E-state index is 6.36. The lowest BCUT2D eigenvalue weighted by molar-refractivity contribution is 0.668. The molecule has 0 atom stereocenters. The molecule has 6 aromatic carbocycles. The van der Waals surface area contributed by atoms with E-state index in [1.54, 1.807) is 0 Å². The van der Waals surface area contributed by atoms with Crippen molar-refractivity contribution < 1.29 is 4.42 Å². The molecule has 1 aliphatic heterocycles. The predicted octanol–water partition coefficient (Wildman–Crippen LogP) is 9.94. The molecule has 0 bridgehead atoms. The van der Waals surface area contributed by atoms with E-state index in [9.17, 15) is 0 Å². The van der Waals surface area contributed by atoms with Gasteiger partial charge in [-0.05, 0) is 51.4 Å². The highest BCUT2D eigenvalue weighted by atomic mass is 16.3. The van der Waals surface area contributed by atoms with Crippen molar-refractivity contribution in [1.29, 1.82) is 0 Å². The lowest BCUT2D eigenvalue weighted by Crippen LogP contribution is -2.00. The first kappa shape index (κ1) is 23.9. The van der Waals surface area contributed by atoms with Crippen LogP contribution in [0.5, 0.6) is 0 Å². The maximum absolute atomic E-state index is 6.36. The fourth-order valence-electron chi connectivity index (χ4n) is 6.19. The van der Waals surface area contributed by atoms with Crippen molar-refractivity contribution in [2.45, 2.75) is 6.54 Å². The van der Waals surface area contributed by atoms with E-state index in [-0.39, 0.29) is 0 Å². The lowest BCUT2D eigenvalue weighted by atomic mass is 9.99. The standard InChI is InChI=1S/C38H23N4O/c1-2-8-24(9-3-1)36-40-37(27-15-16-30-26(19-27)14-13-23-7-4-5-10-29(23)30)42-38(41-36)31-11-6-12-33-35(31)32-20-28-22-39-18-17-25(28)21-34(32)43-33/h1-21H,22H2/q-1. The molecular formula is C38H23N4O-. The zero-order valence-electron chi connectivity index (χ0n) is 23.0. The van der Waals surface area contributed by atoms with Crippen LogP contribution in [0.3, 0.4) is 0 Å².